The Bertz CT molecular complexity index is 489. The summed E-state index contributed by atoms with van der Waals surface area (Å²) in [4.78, 5) is 15.0. The van der Waals surface area contributed by atoms with Crippen LogP contribution in [0.4, 0.5) is 0 Å². The van der Waals surface area contributed by atoms with E-state index in [4.69, 9.17) is 0 Å². The van der Waals surface area contributed by atoms with Gasteiger partial charge in [0.25, 0.3) is 5.91 Å². The van der Waals surface area contributed by atoms with Gasteiger partial charge >= 0.3 is 0 Å². The molecule has 20 heavy (non-hydrogen) atoms. The van der Waals surface area contributed by atoms with Crippen LogP contribution in [0.1, 0.15) is 40.7 Å². The van der Waals surface area contributed by atoms with Gasteiger partial charge < -0.3 is 10.2 Å². The number of halogens is 1. The molecule has 1 amide bonds. The topological polar surface area (TPSA) is 32.3 Å². The van der Waals surface area contributed by atoms with Crippen molar-refractivity contribution >= 4 is 18.3 Å². The Kier molecular flexibility index (Phi) is 4.71. The molecule has 1 aromatic rings. The van der Waals surface area contributed by atoms with E-state index in [9.17, 15) is 4.79 Å². The van der Waals surface area contributed by atoms with Gasteiger partial charge in [-0.25, -0.2) is 0 Å². The van der Waals surface area contributed by atoms with Crippen LogP contribution in [0.2, 0.25) is 0 Å². The number of hydrogen-bond donors (Lipinski definition) is 1. The second-order valence-corrected chi connectivity index (χ2v) is 5.91. The Hall–Kier alpha value is -1.06. The molecule has 2 saturated heterocycles. The monoisotopic (exact) mass is 294 g/mol. The van der Waals surface area contributed by atoms with Crippen LogP contribution in [-0.2, 0) is 0 Å². The highest BCUT2D eigenvalue weighted by Gasteiger charge is 2.38. The lowest BCUT2D eigenvalue weighted by Gasteiger charge is -2.28. The Morgan fingerprint density at radius 2 is 1.95 bits per heavy atom. The first kappa shape index (κ1) is 15.3. The molecule has 2 aliphatic rings. The standard InChI is InChI=1S/C16H22N2O.ClH/c1-11-3-6-15(12(2)9-11)16(19)18-13-4-5-14(18)10-17-8-7-13;/h3,6,9,13-14,17H,4-5,7-8,10H2,1-2H3;1H. The van der Waals surface area contributed by atoms with Crippen LogP contribution in [0.5, 0.6) is 0 Å². The molecule has 3 nitrogen and oxygen atoms in total. The number of amides is 1. The van der Waals surface area contributed by atoms with Crippen molar-refractivity contribution in [3.63, 3.8) is 0 Å². The van der Waals surface area contributed by atoms with E-state index in [-0.39, 0.29) is 18.3 Å². The fourth-order valence-electron chi connectivity index (χ4n) is 3.51. The smallest absolute Gasteiger partial charge is 0.254 e. The maximum Gasteiger partial charge on any atom is 0.254 e. The number of carbonyl (C=O) groups excluding carboxylic acids is 1. The first-order chi connectivity index (χ1) is 9.16. The molecule has 2 atom stereocenters. The zero-order chi connectivity index (χ0) is 13.4. The maximum absolute atomic E-state index is 12.8. The predicted molar refractivity (Wildman–Crippen MR) is 83.6 cm³/mol. The summed E-state index contributed by atoms with van der Waals surface area (Å²) in [5.41, 5.74) is 3.19. The lowest BCUT2D eigenvalue weighted by atomic mass is 10.0. The summed E-state index contributed by atoms with van der Waals surface area (Å²) in [6, 6.07) is 6.96. The zero-order valence-electron chi connectivity index (χ0n) is 12.2. The second kappa shape index (κ2) is 6.15. The molecule has 0 spiro atoms. The van der Waals surface area contributed by atoms with Crippen LogP contribution in [0.3, 0.4) is 0 Å². The fourth-order valence-corrected chi connectivity index (χ4v) is 3.51. The molecule has 2 fully saturated rings. The number of benzene rings is 1. The summed E-state index contributed by atoms with van der Waals surface area (Å²) in [5, 5.41) is 3.44. The average molecular weight is 295 g/mol. The third kappa shape index (κ3) is 2.70. The van der Waals surface area contributed by atoms with Gasteiger partial charge in [0.05, 0.1) is 0 Å². The predicted octanol–water partition coefficient (Wildman–Crippen LogP) is 2.69. The van der Waals surface area contributed by atoms with Crippen molar-refractivity contribution in [3.8, 4) is 0 Å². The van der Waals surface area contributed by atoms with Gasteiger partial charge in [-0.1, -0.05) is 17.7 Å². The van der Waals surface area contributed by atoms with Crippen molar-refractivity contribution in [1.29, 1.82) is 0 Å². The van der Waals surface area contributed by atoms with Gasteiger partial charge in [0.1, 0.15) is 0 Å². The minimum Gasteiger partial charge on any atom is -0.331 e. The number of fused-ring (bicyclic) bond motifs is 2. The molecule has 2 aliphatic heterocycles. The summed E-state index contributed by atoms with van der Waals surface area (Å²) in [6.45, 7) is 6.10. The highest BCUT2D eigenvalue weighted by atomic mass is 35.5. The van der Waals surface area contributed by atoms with Gasteiger partial charge in [0.2, 0.25) is 0 Å². The molecular weight excluding hydrogens is 272 g/mol. The van der Waals surface area contributed by atoms with Crippen molar-refractivity contribution in [1.82, 2.24) is 10.2 Å². The van der Waals surface area contributed by atoms with Crippen LogP contribution >= 0.6 is 12.4 Å². The van der Waals surface area contributed by atoms with Gasteiger partial charge in [-0.05, 0) is 51.3 Å². The fraction of sp³-hybridized carbons (Fsp3) is 0.562. The van der Waals surface area contributed by atoms with Crippen molar-refractivity contribution < 1.29 is 4.79 Å². The lowest BCUT2D eigenvalue weighted by Crippen LogP contribution is -2.42. The van der Waals surface area contributed by atoms with Crippen LogP contribution in [0.15, 0.2) is 18.2 Å². The summed E-state index contributed by atoms with van der Waals surface area (Å²) >= 11 is 0. The Morgan fingerprint density at radius 1 is 1.20 bits per heavy atom. The van der Waals surface area contributed by atoms with E-state index in [1.54, 1.807) is 0 Å². The minimum absolute atomic E-state index is 0. The van der Waals surface area contributed by atoms with E-state index in [0.717, 1.165) is 37.1 Å². The van der Waals surface area contributed by atoms with Gasteiger partial charge in [0, 0.05) is 24.2 Å². The van der Waals surface area contributed by atoms with Crippen molar-refractivity contribution in [2.75, 3.05) is 13.1 Å². The molecule has 4 heteroatoms. The van der Waals surface area contributed by atoms with E-state index in [0.29, 0.717) is 12.1 Å². The van der Waals surface area contributed by atoms with E-state index in [1.807, 2.05) is 19.1 Å². The van der Waals surface area contributed by atoms with E-state index in [1.165, 1.54) is 12.0 Å². The number of nitrogens with one attached hydrogen (secondary N) is 1. The lowest BCUT2D eigenvalue weighted by molar-refractivity contribution is 0.0679. The largest absolute Gasteiger partial charge is 0.331 e. The summed E-state index contributed by atoms with van der Waals surface area (Å²) in [7, 11) is 0. The van der Waals surface area contributed by atoms with Crippen molar-refractivity contribution in [3.05, 3.63) is 34.9 Å². The molecule has 2 unspecified atom stereocenters. The SMILES string of the molecule is Cc1ccc(C(=O)N2C3CCNCC2CC3)c(C)c1.Cl. The Labute approximate surface area is 127 Å². The molecule has 1 aromatic carbocycles. The minimum atomic E-state index is 0. The number of nitrogens with zero attached hydrogens (tertiary/aromatic N) is 1. The summed E-state index contributed by atoms with van der Waals surface area (Å²) in [6.07, 6.45) is 3.41. The maximum atomic E-state index is 12.8. The first-order valence-corrected chi connectivity index (χ1v) is 7.27. The first-order valence-electron chi connectivity index (χ1n) is 7.27. The average Bonchev–Trinajstić information content (AvgIpc) is 2.62. The van der Waals surface area contributed by atoms with Crippen LogP contribution in [-0.4, -0.2) is 36.0 Å². The molecule has 0 saturated carbocycles. The van der Waals surface area contributed by atoms with E-state index < -0.39 is 0 Å². The molecule has 1 N–H and O–H groups in total. The van der Waals surface area contributed by atoms with Crippen LogP contribution in [0, 0.1) is 13.8 Å². The number of rotatable bonds is 1. The molecular formula is C16H23ClN2O. The van der Waals surface area contributed by atoms with Crippen molar-refractivity contribution in [2.24, 2.45) is 0 Å². The van der Waals surface area contributed by atoms with Crippen LogP contribution < -0.4 is 5.32 Å². The Morgan fingerprint density at radius 3 is 2.70 bits per heavy atom. The highest BCUT2D eigenvalue weighted by Crippen LogP contribution is 2.30. The van der Waals surface area contributed by atoms with Gasteiger partial charge in [0.15, 0.2) is 0 Å². The van der Waals surface area contributed by atoms with Gasteiger partial charge in [-0.3, -0.25) is 4.79 Å². The molecule has 0 aliphatic carbocycles. The number of aryl methyl sites for hydroxylation is 2. The molecule has 2 heterocycles. The van der Waals surface area contributed by atoms with Gasteiger partial charge in [-0.2, -0.15) is 0 Å². The van der Waals surface area contributed by atoms with E-state index in [2.05, 4.69) is 23.2 Å². The zero-order valence-corrected chi connectivity index (χ0v) is 13.0. The third-order valence-corrected chi connectivity index (χ3v) is 4.50. The molecule has 0 radical (unpaired) electrons. The van der Waals surface area contributed by atoms with Crippen LogP contribution in [0.25, 0.3) is 0 Å². The van der Waals surface area contributed by atoms with Gasteiger partial charge in [-0.15, -0.1) is 12.4 Å². The molecule has 3 rings (SSSR count). The molecule has 2 bridgehead atoms. The second-order valence-electron chi connectivity index (χ2n) is 5.91. The Balaban J connectivity index is 0.00000147. The quantitative estimate of drug-likeness (QED) is 0.864. The van der Waals surface area contributed by atoms with Crippen molar-refractivity contribution in [2.45, 2.75) is 45.2 Å². The number of hydrogen-bond acceptors (Lipinski definition) is 2. The summed E-state index contributed by atoms with van der Waals surface area (Å²) in [5.74, 6) is 0.230. The highest BCUT2D eigenvalue weighted by molar-refractivity contribution is 5.96. The number of carbonyl (C=O) groups is 1. The van der Waals surface area contributed by atoms with E-state index >= 15 is 0 Å². The molecule has 110 valence electrons. The summed E-state index contributed by atoms with van der Waals surface area (Å²) < 4.78 is 0. The third-order valence-electron chi connectivity index (χ3n) is 4.50. The normalized spacial score (nSPS) is 25.0. The molecule has 0 aromatic heterocycles.